The number of phenols is 1. The van der Waals surface area contributed by atoms with Crippen LogP contribution in [0, 0.1) is 0 Å². The van der Waals surface area contributed by atoms with Crippen LogP contribution in [0.3, 0.4) is 0 Å². The van der Waals surface area contributed by atoms with Gasteiger partial charge in [0.1, 0.15) is 5.75 Å². The van der Waals surface area contributed by atoms with Crippen LogP contribution in [0.4, 0.5) is 0 Å². The summed E-state index contributed by atoms with van der Waals surface area (Å²) in [4.78, 5) is 0. The summed E-state index contributed by atoms with van der Waals surface area (Å²) < 4.78 is 12.4. The van der Waals surface area contributed by atoms with Crippen LogP contribution in [-0.2, 0) is 6.54 Å². The van der Waals surface area contributed by atoms with Crippen LogP contribution >= 0.6 is 0 Å². The maximum atomic E-state index is 10.2. The van der Waals surface area contributed by atoms with Gasteiger partial charge in [0.05, 0.1) is 6.54 Å². The van der Waals surface area contributed by atoms with E-state index in [1.54, 1.807) is 16.7 Å². The van der Waals surface area contributed by atoms with E-state index in [1.807, 2.05) is 38.1 Å². The van der Waals surface area contributed by atoms with Gasteiger partial charge in [0, 0.05) is 5.56 Å². The van der Waals surface area contributed by atoms with Crippen LogP contribution in [-0.4, -0.2) is 31.8 Å². The summed E-state index contributed by atoms with van der Waals surface area (Å²) in [5.74, 6) is 2.33. The summed E-state index contributed by atoms with van der Waals surface area (Å²) in [6.07, 6.45) is 0. The average Bonchev–Trinajstić information content (AvgIpc) is 3.22. The normalized spacial score (nSPS) is 12.7. The van der Waals surface area contributed by atoms with E-state index in [0.29, 0.717) is 23.9 Å². The van der Waals surface area contributed by atoms with E-state index in [2.05, 4.69) is 10.2 Å². The molecule has 1 aliphatic heterocycles. The lowest BCUT2D eigenvalue weighted by atomic mass is 9.99. The third-order valence-corrected chi connectivity index (χ3v) is 4.42. The molecule has 2 aromatic carbocycles. The van der Waals surface area contributed by atoms with Crippen LogP contribution in [0.5, 0.6) is 23.3 Å². The van der Waals surface area contributed by atoms with Crippen molar-refractivity contribution >= 4 is 0 Å². The Morgan fingerprint density at radius 1 is 1.04 bits per heavy atom. The monoisotopic (exact) mass is 353 g/mol. The molecule has 0 aliphatic carbocycles. The molecule has 2 N–H and O–H groups in total. The van der Waals surface area contributed by atoms with Gasteiger partial charge in [-0.05, 0) is 47.4 Å². The first-order valence-electron chi connectivity index (χ1n) is 8.37. The number of benzene rings is 2. The molecule has 0 amide bonds. The molecule has 0 saturated carbocycles. The zero-order valence-corrected chi connectivity index (χ0v) is 14.5. The molecule has 0 spiro atoms. The largest absolute Gasteiger partial charge is 0.508 e. The molecule has 26 heavy (non-hydrogen) atoms. The van der Waals surface area contributed by atoms with Crippen molar-refractivity contribution in [2.45, 2.75) is 26.3 Å². The Bertz CT molecular complexity index is 965. The van der Waals surface area contributed by atoms with Crippen LogP contribution in [0.25, 0.3) is 11.4 Å². The fraction of sp³-hybridized carbons (Fsp3) is 0.263. The molecular formula is C19H19N3O4. The fourth-order valence-electron chi connectivity index (χ4n) is 3.03. The van der Waals surface area contributed by atoms with Gasteiger partial charge in [-0.1, -0.05) is 25.0 Å². The van der Waals surface area contributed by atoms with Crippen molar-refractivity contribution in [3.8, 4) is 34.6 Å². The van der Waals surface area contributed by atoms with Crippen LogP contribution < -0.4 is 9.47 Å². The Kier molecular flexibility index (Phi) is 3.91. The van der Waals surface area contributed by atoms with Crippen molar-refractivity contribution in [2.75, 3.05) is 6.79 Å². The first-order valence-corrected chi connectivity index (χ1v) is 8.37. The topological polar surface area (TPSA) is 89.6 Å². The maximum Gasteiger partial charge on any atom is 0.315 e. The Morgan fingerprint density at radius 2 is 1.85 bits per heavy atom. The molecule has 0 unspecified atom stereocenters. The van der Waals surface area contributed by atoms with Crippen LogP contribution in [0.15, 0.2) is 36.4 Å². The molecule has 0 saturated heterocycles. The number of rotatable bonds is 4. The Balaban J connectivity index is 1.71. The predicted molar refractivity (Wildman–Crippen MR) is 94.5 cm³/mol. The maximum absolute atomic E-state index is 10.2. The quantitative estimate of drug-likeness (QED) is 0.748. The van der Waals surface area contributed by atoms with Gasteiger partial charge in [-0.2, -0.15) is 0 Å². The molecule has 0 bridgehead atoms. The van der Waals surface area contributed by atoms with Crippen molar-refractivity contribution in [1.29, 1.82) is 0 Å². The van der Waals surface area contributed by atoms with Crippen molar-refractivity contribution in [1.82, 2.24) is 14.8 Å². The lowest BCUT2D eigenvalue weighted by Gasteiger charge is -2.12. The summed E-state index contributed by atoms with van der Waals surface area (Å²) in [7, 11) is 0. The van der Waals surface area contributed by atoms with Crippen molar-refractivity contribution in [3.05, 3.63) is 47.5 Å². The minimum Gasteiger partial charge on any atom is -0.508 e. The average molecular weight is 353 g/mol. The number of fused-ring (bicyclic) bond motifs is 1. The lowest BCUT2D eigenvalue weighted by Crippen LogP contribution is -2.02. The molecule has 1 aliphatic rings. The third kappa shape index (κ3) is 2.81. The molecule has 4 rings (SSSR count). The second-order valence-corrected chi connectivity index (χ2v) is 6.53. The van der Waals surface area contributed by atoms with E-state index < -0.39 is 0 Å². The van der Waals surface area contributed by atoms with E-state index in [1.165, 1.54) is 0 Å². The number of hydrogen-bond acceptors (Lipinski definition) is 6. The first kappa shape index (κ1) is 16.3. The second-order valence-electron chi connectivity index (χ2n) is 6.53. The fourth-order valence-corrected chi connectivity index (χ4v) is 3.03. The van der Waals surface area contributed by atoms with E-state index in [-0.39, 0.29) is 24.5 Å². The summed E-state index contributed by atoms with van der Waals surface area (Å²) in [5.41, 5.74) is 2.52. The van der Waals surface area contributed by atoms with E-state index in [0.717, 1.165) is 16.7 Å². The molecule has 3 aromatic rings. The molecule has 134 valence electrons. The SMILES string of the molecule is CC(C)c1cc(-c2nnc(O)n2Cc2ccc3c(c2)OCO3)ccc1O. The van der Waals surface area contributed by atoms with E-state index in [4.69, 9.17) is 9.47 Å². The first-order chi connectivity index (χ1) is 12.5. The number of phenolic OH excluding ortho intramolecular Hbond substituents is 1. The third-order valence-electron chi connectivity index (χ3n) is 4.42. The zero-order valence-electron chi connectivity index (χ0n) is 14.5. The molecule has 1 aromatic heterocycles. The molecule has 0 fully saturated rings. The Labute approximate surface area is 150 Å². The van der Waals surface area contributed by atoms with Gasteiger partial charge in [0.25, 0.3) is 0 Å². The summed E-state index contributed by atoms with van der Waals surface area (Å²) in [6.45, 7) is 4.61. The van der Waals surface area contributed by atoms with Crippen LogP contribution in [0.1, 0.15) is 30.9 Å². The number of nitrogens with zero attached hydrogens (tertiary/aromatic N) is 3. The Hall–Kier alpha value is -3.22. The van der Waals surface area contributed by atoms with Crippen LogP contribution in [0.2, 0.25) is 0 Å². The van der Waals surface area contributed by atoms with Gasteiger partial charge in [-0.25, -0.2) is 0 Å². The number of hydrogen-bond donors (Lipinski definition) is 2. The number of ether oxygens (including phenoxy) is 2. The van der Waals surface area contributed by atoms with E-state index >= 15 is 0 Å². The van der Waals surface area contributed by atoms with Crippen molar-refractivity contribution in [2.24, 2.45) is 0 Å². The van der Waals surface area contributed by atoms with Gasteiger partial charge in [-0.3, -0.25) is 4.57 Å². The Morgan fingerprint density at radius 3 is 2.65 bits per heavy atom. The highest BCUT2D eigenvalue weighted by Gasteiger charge is 2.18. The minimum absolute atomic E-state index is 0.161. The van der Waals surface area contributed by atoms with Crippen molar-refractivity contribution in [3.63, 3.8) is 0 Å². The minimum atomic E-state index is -0.170. The molecule has 7 nitrogen and oxygen atoms in total. The molecule has 0 atom stereocenters. The summed E-state index contributed by atoms with van der Waals surface area (Å²) in [5, 5.41) is 28.1. The molecule has 0 radical (unpaired) electrons. The highest BCUT2D eigenvalue weighted by atomic mass is 16.7. The van der Waals surface area contributed by atoms with E-state index in [9.17, 15) is 10.2 Å². The molecular weight excluding hydrogens is 334 g/mol. The van der Waals surface area contributed by atoms with Crippen molar-refractivity contribution < 1.29 is 19.7 Å². The highest BCUT2D eigenvalue weighted by Crippen LogP contribution is 2.34. The standard InChI is InChI=1S/C19H19N3O4/c1-11(2)14-8-13(4-5-15(14)23)18-20-21-19(24)22(18)9-12-3-6-16-17(7-12)26-10-25-16/h3-8,11,23H,9-10H2,1-2H3,(H,21,24). The summed E-state index contributed by atoms with van der Waals surface area (Å²) in [6, 6.07) is 10.7. The van der Waals surface area contributed by atoms with Gasteiger partial charge in [-0.15, -0.1) is 5.10 Å². The van der Waals surface area contributed by atoms with Gasteiger partial charge in [0.2, 0.25) is 6.79 Å². The predicted octanol–water partition coefficient (Wildman–Crippen LogP) is 3.26. The smallest absolute Gasteiger partial charge is 0.315 e. The number of aromatic hydroxyl groups is 2. The summed E-state index contributed by atoms with van der Waals surface area (Å²) >= 11 is 0. The van der Waals surface area contributed by atoms with Gasteiger partial charge >= 0.3 is 6.01 Å². The lowest BCUT2D eigenvalue weighted by molar-refractivity contribution is 0.174. The van der Waals surface area contributed by atoms with Gasteiger partial charge < -0.3 is 19.7 Å². The number of aromatic nitrogens is 3. The highest BCUT2D eigenvalue weighted by molar-refractivity contribution is 5.60. The molecule has 2 heterocycles. The van der Waals surface area contributed by atoms with Gasteiger partial charge in [0.15, 0.2) is 17.3 Å². The second kappa shape index (κ2) is 6.25. The zero-order chi connectivity index (χ0) is 18.3. The molecule has 7 heteroatoms.